The van der Waals surface area contributed by atoms with Crippen molar-refractivity contribution in [2.24, 2.45) is 5.73 Å². The number of anilines is 1. The number of nitrogens with two attached hydrogens (primary N) is 1. The minimum atomic E-state index is -3.49. The zero-order valence-corrected chi connectivity index (χ0v) is 16.5. The topological polar surface area (TPSA) is 83.7 Å². The number of carbonyl (C=O) groups is 1. The molecule has 0 atom stereocenters. The lowest BCUT2D eigenvalue weighted by atomic mass is 10.1. The molecule has 1 aromatic rings. The van der Waals surface area contributed by atoms with E-state index >= 15 is 0 Å². The van der Waals surface area contributed by atoms with Gasteiger partial charge in [-0.15, -0.1) is 12.4 Å². The Morgan fingerprint density at radius 3 is 2.52 bits per heavy atom. The largest absolute Gasteiger partial charge is 0.330 e. The molecule has 6 nitrogen and oxygen atoms in total. The number of hydrogen-bond acceptors (Lipinski definition) is 4. The van der Waals surface area contributed by atoms with Gasteiger partial charge < -0.3 is 10.6 Å². The Morgan fingerprint density at radius 1 is 1.20 bits per heavy atom. The van der Waals surface area contributed by atoms with Crippen LogP contribution >= 0.6 is 12.4 Å². The average molecular weight is 390 g/mol. The molecule has 0 aliphatic carbocycles. The predicted octanol–water partition coefficient (Wildman–Crippen LogP) is 2.16. The molecule has 0 aromatic heterocycles. The van der Waals surface area contributed by atoms with E-state index in [4.69, 9.17) is 5.73 Å². The summed E-state index contributed by atoms with van der Waals surface area (Å²) in [6.07, 6.45) is 5.16. The molecule has 0 bridgehead atoms. The molecular weight excluding hydrogens is 362 g/mol. The first-order valence-electron chi connectivity index (χ1n) is 8.44. The monoisotopic (exact) mass is 389 g/mol. The fourth-order valence-corrected chi connectivity index (χ4v) is 3.82. The zero-order valence-electron chi connectivity index (χ0n) is 14.9. The van der Waals surface area contributed by atoms with Gasteiger partial charge in [-0.3, -0.25) is 4.79 Å². The van der Waals surface area contributed by atoms with E-state index in [2.05, 4.69) is 0 Å². The second-order valence-corrected chi connectivity index (χ2v) is 8.48. The Kier molecular flexibility index (Phi) is 8.34. The van der Waals surface area contributed by atoms with Gasteiger partial charge in [0.2, 0.25) is 15.9 Å². The normalized spacial score (nSPS) is 13.7. The summed E-state index contributed by atoms with van der Waals surface area (Å²) >= 11 is 0. The summed E-state index contributed by atoms with van der Waals surface area (Å²) in [4.78, 5) is 14.4. The van der Waals surface area contributed by atoms with Crippen molar-refractivity contribution in [3.05, 3.63) is 23.8 Å². The summed E-state index contributed by atoms with van der Waals surface area (Å²) in [5, 5.41) is 0. The zero-order chi connectivity index (χ0) is 17.7. The van der Waals surface area contributed by atoms with Crippen LogP contribution in [-0.4, -0.2) is 45.8 Å². The summed E-state index contributed by atoms with van der Waals surface area (Å²) in [7, 11) is -0.478. The number of fused-ring (bicyclic) bond motifs is 1. The Morgan fingerprint density at radius 2 is 1.88 bits per heavy atom. The highest BCUT2D eigenvalue weighted by atomic mass is 35.5. The Balaban J connectivity index is 0.00000312. The van der Waals surface area contributed by atoms with Gasteiger partial charge in [0.05, 0.1) is 4.90 Å². The smallest absolute Gasteiger partial charge is 0.242 e. The van der Waals surface area contributed by atoms with Crippen molar-refractivity contribution in [2.45, 2.75) is 43.4 Å². The molecule has 0 unspecified atom stereocenters. The molecular formula is C17H28ClN3O3S. The quantitative estimate of drug-likeness (QED) is 0.690. The van der Waals surface area contributed by atoms with Gasteiger partial charge >= 0.3 is 0 Å². The van der Waals surface area contributed by atoms with Crippen molar-refractivity contribution in [3.63, 3.8) is 0 Å². The number of unbranched alkanes of at least 4 members (excludes halogenated alkanes) is 3. The number of amides is 1. The van der Waals surface area contributed by atoms with Gasteiger partial charge in [0.15, 0.2) is 0 Å². The van der Waals surface area contributed by atoms with Gasteiger partial charge in [-0.1, -0.05) is 18.9 Å². The predicted molar refractivity (Wildman–Crippen MR) is 103 cm³/mol. The maximum atomic E-state index is 12.5. The van der Waals surface area contributed by atoms with Crippen LogP contribution in [0.4, 0.5) is 5.69 Å². The molecule has 1 heterocycles. The van der Waals surface area contributed by atoms with E-state index in [9.17, 15) is 13.2 Å². The van der Waals surface area contributed by atoms with Crippen molar-refractivity contribution in [3.8, 4) is 0 Å². The van der Waals surface area contributed by atoms with Crippen LogP contribution in [0.2, 0.25) is 0 Å². The standard InChI is InChI=1S/C17H27N3O3S.ClH/c1-19(2)24(22,23)15-9-8-14-10-12-20(16(14)13-15)17(21)7-5-3-4-6-11-18;/h8-9,13H,3-7,10-12,18H2,1-2H3;1H. The van der Waals surface area contributed by atoms with E-state index in [0.29, 0.717) is 19.5 Å². The first-order chi connectivity index (χ1) is 11.4. The highest BCUT2D eigenvalue weighted by Crippen LogP contribution is 2.31. The average Bonchev–Trinajstić information content (AvgIpc) is 2.97. The van der Waals surface area contributed by atoms with E-state index in [-0.39, 0.29) is 23.2 Å². The molecule has 8 heteroatoms. The molecule has 2 rings (SSSR count). The summed E-state index contributed by atoms with van der Waals surface area (Å²) in [5.74, 6) is 0.0703. The number of carbonyl (C=O) groups excluding carboxylic acids is 1. The lowest BCUT2D eigenvalue weighted by molar-refractivity contribution is -0.118. The molecule has 1 aliphatic rings. The van der Waals surface area contributed by atoms with Crippen LogP contribution in [0.1, 0.15) is 37.7 Å². The van der Waals surface area contributed by atoms with E-state index in [1.165, 1.54) is 18.4 Å². The van der Waals surface area contributed by atoms with Crippen molar-refractivity contribution in [2.75, 3.05) is 32.1 Å². The van der Waals surface area contributed by atoms with Crippen molar-refractivity contribution in [1.82, 2.24) is 4.31 Å². The molecule has 0 spiro atoms. The van der Waals surface area contributed by atoms with Gasteiger partial charge in [-0.25, -0.2) is 12.7 Å². The molecule has 1 amide bonds. The SMILES string of the molecule is CN(C)S(=O)(=O)c1ccc2c(c1)N(C(=O)CCCCCCN)CC2.Cl. The number of rotatable bonds is 8. The highest BCUT2D eigenvalue weighted by Gasteiger charge is 2.27. The Bertz CT molecular complexity index is 692. The van der Waals surface area contributed by atoms with Crippen LogP contribution in [0, 0.1) is 0 Å². The minimum absolute atomic E-state index is 0. The van der Waals surface area contributed by atoms with E-state index in [1.54, 1.807) is 17.0 Å². The molecule has 1 aliphatic heterocycles. The number of nitrogens with zero attached hydrogens (tertiary/aromatic N) is 2. The summed E-state index contributed by atoms with van der Waals surface area (Å²) < 4.78 is 25.8. The molecule has 0 fully saturated rings. The molecule has 2 N–H and O–H groups in total. The first kappa shape index (κ1) is 21.9. The number of sulfonamides is 1. The second-order valence-electron chi connectivity index (χ2n) is 6.33. The van der Waals surface area contributed by atoms with Gasteiger partial charge in [0.1, 0.15) is 0 Å². The fraction of sp³-hybridized carbons (Fsp3) is 0.588. The minimum Gasteiger partial charge on any atom is -0.330 e. The van der Waals surface area contributed by atoms with E-state index in [0.717, 1.165) is 43.4 Å². The molecule has 0 saturated heterocycles. The van der Waals surface area contributed by atoms with Crippen LogP contribution in [0.5, 0.6) is 0 Å². The lowest BCUT2D eigenvalue weighted by Gasteiger charge is -2.19. The maximum Gasteiger partial charge on any atom is 0.242 e. The molecule has 0 radical (unpaired) electrons. The third kappa shape index (κ3) is 5.17. The van der Waals surface area contributed by atoms with Gasteiger partial charge in [-0.2, -0.15) is 0 Å². The Labute approximate surface area is 156 Å². The van der Waals surface area contributed by atoms with Crippen LogP contribution < -0.4 is 10.6 Å². The van der Waals surface area contributed by atoms with Gasteiger partial charge in [0, 0.05) is 32.7 Å². The molecule has 142 valence electrons. The van der Waals surface area contributed by atoms with Crippen LogP contribution in [0.3, 0.4) is 0 Å². The van der Waals surface area contributed by atoms with Crippen molar-refractivity contribution >= 4 is 34.0 Å². The molecule has 1 aromatic carbocycles. The fourth-order valence-electron chi connectivity index (χ4n) is 2.90. The summed E-state index contributed by atoms with van der Waals surface area (Å²) in [5.41, 5.74) is 7.24. The maximum absolute atomic E-state index is 12.5. The lowest BCUT2D eigenvalue weighted by Crippen LogP contribution is -2.29. The van der Waals surface area contributed by atoms with Gasteiger partial charge in [-0.05, 0) is 43.5 Å². The summed E-state index contributed by atoms with van der Waals surface area (Å²) in [6.45, 7) is 1.32. The van der Waals surface area contributed by atoms with Crippen molar-refractivity contribution < 1.29 is 13.2 Å². The third-order valence-corrected chi connectivity index (χ3v) is 6.19. The van der Waals surface area contributed by atoms with Crippen LogP contribution in [-0.2, 0) is 21.2 Å². The van der Waals surface area contributed by atoms with E-state index in [1.807, 2.05) is 6.07 Å². The third-order valence-electron chi connectivity index (χ3n) is 4.38. The number of hydrogen-bond donors (Lipinski definition) is 1. The first-order valence-corrected chi connectivity index (χ1v) is 9.88. The van der Waals surface area contributed by atoms with Crippen LogP contribution in [0.25, 0.3) is 0 Å². The molecule has 25 heavy (non-hydrogen) atoms. The summed E-state index contributed by atoms with van der Waals surface area (Å²) in [6, 6.07) is 5.07. The Hall–Kier alpha value is -1.15. The number of halogens is 1. The van der Waals surface area contributed by atoms with Crippen molar-refractivity contribution in [1.29, 1.82) is 0 Å². The highest BCUT2D eigenvalue weighted by molar-refractivity contribution is 7.89. The number of benzene rings is 1. The molecule has 0 saturated carbocycles. The second kappa shape index (κ2) is 9.52. The van der Waals surface area contributed by atoms with Crippen LogP contribution in [0.15, 0.2) is 23.1 Å². The van der Waals surface area contributed by atoms with Gasteiger partial charge in [0.25, 0.3) is 0 Å². The van der Waals surface area contributed by atoms with E-state index < -0.39 is 10.0 Å².